The van der Waals surface area contributed by atoms with Crippen LogP contribution in [0.3, 0.4) is 0 Å². The lowest BCUT2D eigenvalue weighted by Crippen LogP contribution is -2.18. The smallest absolute Gasteiger partial charge is 0.0907 e. The molecule has 1 heterocycles. The van der Waals surface area contributed by atoms with Gasteiger partial charge in [0, 0.05) is 6.54 Å². The van der Waals surface area contributed by atoms with Crippen molar-refractivity contribution in [2.75, 3.05) is 17.6 Å². The predicted molar refractivity (Wildman–Crippen MR) is 73.6 cm³/mol. The number of anilines is 2. The third kappa shape index (κ3) is 2.68. The fourth-order valence-electron chi connectivity index (χ4n) is 1.63. The van der Waals surface area contributed by atoms with E-state index >= 15 is 0 Å². The summed E-state index contributed by atoms with van der Waals surface area (Å²) in [6.45, 7) is 4.44. The van der Waals surface area contributed by atoms with Crippen LogP contribution in [0, 0.1) is 6.92 Å². The summed E-state index contributed by atoms with van der Waals surface area (Å²) in [6, 6.07) is 3.87. The summed E-state index contributed by atoms with van der Waals surface area (Å²) in [5, 5.41) is 13.7. The summed E-state index contributed by atoms with van der Waals surface area (Å²) < 4.78 is 1.10. The van der Waals surface area contributed by atoms with Crippen LogP contribution in [0.15, 0.2) is 12.1 Å². The van der Waals surface area contributed by atoms with Crippen LogP contribution in [0.1, 0.15) is 18.4 Å². The van der Waals surface area contributed by atoms with Crippen LogP contribution in [0.2, 0.25) is 0 Å². The maximum absolute atomic E-state index is 9.51. The molecule has 4 N–H and O–H groups in total. The zero-order chi connectivity index (χ0) is 12.4. The number of nitrogens with two attached hydrogens (primary N) is 1. The first-order chi connectivity index (χ1) is 8.10. The van der Waals surface area contributed by atoms with Gasteiger partial charge in [-0.2, -0.15) is 0 Å². The number of thiazole rings is 1. The van der Waals surface area contributed by atoms with E-state index in [1.165, 1.54) is 0 Å². The van der Waals surface area contributed by atoms with E-state index in [4.69, 9.17) is 5.73 Å². The molecule has 1 atom stereocenters. The summed E-state index contributed by atoms with van der Waals surface area (Å²) >= 11 is 1.64. The largest absolute Gasteiger partial charge is 0.397 e. The van der Waals surface area contributed by atoms with Gasteiger partial charge in [-0.15, -0.1) is 11.3 Å². The number of aliphatic hydroxyl groups excluding tert-OH is 1. The highest BCUT2D eigenvalue weighted by atomic mass is 32.1. The van der Waals surface area contributed by atoms with Gasteiger partial charge in [-0.1, -0.05) is 6.92 Å². The normalized spacial score (nSPS) is 12.9. The number of hydrogen-bond donors (Lipinski definition) is 3. The zero-order valence-electron chi connectivity index (χ0n) is 10.0. The molecular weight excluding hydrogens is 234 g/mol. The Morgan fingerprint density at radius 2 is 2.29 bits per heavy atom. The molecular formula is C12H17N3OS. The molecule has 0 saturated carbocycles. The standard InChI is InChI=1S/C12H17N3OS/c1-3-8(16)6-14-10-5-11-12(4-9(10)13)17-7(2)15-11/h4-5,8,14,16H,3,6,13H2,1-2H3. The molecule has 5 heteroatoms. The molecule has 1 aromatic carbocycles. The van der Waals surface area contributed by atoms with Crippen molar-refractivity contribution in [1.29, 1.82) is 0 Å². The van der Waals surface area contributed by atoms with E-state index in [1.807, 2.05) is 26.0 Å². The van der Waals surface area contributed by atoms with Crippen molar-refractivity contribution in [3.63, 3.8) is 0 Å². The molecule has 1 unspecified atom stereocenters. The van der Waals surface area contributed by atoms with Crippen molar-refractivity contribution in [1.82, 2.24) is 4.98 Å². The second kappa shape index (κ2) is 4.89. The number of hydrogen-bond acceptors (Lipinski definition) is 5. The Morgan fingerprint density at radius 3 is 3.00 bits per heavy atom. The first-order valence-electron chi connectivity index (χ1n) is 5.68. The van der Waals surface area contributed by atoms with E-state index in [2.05, 4.69) is 10.3 Å². The highest BCUT2D eigenvalue weighted by Crippen LogP contribution is 2.29. The van der Waals surface area contributed by atoms with Gasteiger partial charge in [-0.3, -0.25) is 0 Å². The van der Waals surface area contributed by atoms with Gasteiger partial charge in [0.2, 0.25) is 0 Å². The van der Waals surface area contributed by atoms with E-state index in [0.717, 1.165) is 27.3 Å². The predicted octanol–water partition coefficient (Wildman–Crippen LogP) is 2.37. The first kappa shape index (κ1) is 12.1. The van der Waals surface area contributed by atoms with E-state index in [0.29, 0.717) is 12.2 Å². The van der Waals surface area contributed by atoms with Crippen molar-refractivity contribution in [2.24, 2.45) is 0 Å². The second-order valence-corrected chi connectivity index (χ2v) is 5.32. The monoisotopic (exact) mass is 251 g/mol. The molecule has 0 aliphatic rings. The molecule has 4 nitrogen and oxygen atoms in total. The fourth-order valence-corrected chi connectivity index (χ4v) is 2.49. The van der Waals surface area contributed by atoms with E-state index in [1.54, 1.807) is 11.3 Å². The Kier molecular flexibility index (Phi) is 3.49. The molecule has 2 aromatic rings. The summed E-state index contributed by atoms with van der Waals surface area (Å²) in [5.41, 5.74) is 8.45. The molecule has 17 heavy (non-hydrogen) atoms. The number of nitrogens with one attached hydrogen (secondary N) is 1. The molecule has 0 saturated heterocycles. The summed E-state index contributed by atoms with van der Waals surface area (Å²) in [7, 11) is 0. The van der Waals surface area contributed by atoms with E-state index in [9.17, 15) is 5.11 Å². The number of aromatic nitrogens is 1. The number of fused-ring (bicyclic) bond motifs is 1. The van der Waals surface area contributed by atoms with Gasteiger partial charge < -0.3 is 16.2 Å². The zero-order valence-corrected chi connectivity index (χ0v) is 10.8. The fraction of sp³-hybridized carbons (Fsp3) is 0.417. The first-order valence-corrected chi connectivity index (χ1v) is 6.50. The maximum Gasteiger partial charge on any atom is 0.0907 e. The number of benzene rings is 1. The average Bonchev–Trinajstić information content (AvgIpc) is 2.64. The summed E-state index contributed by atoms with van der Waals surface area (Å²) in [5.74, 6) is 0. The van der Waals surface area contributed by atoms with E-state index in [-0.39, 0.29) is 6.10 Å². The second-order valence-electron chi connectivity index (χ2n) is 4.08. The highest BCUT2D eigenvalue weighted by molar-refractivity contribution is 7.18. The van der Waals surface area contributed by atoms with Gasteiger partial charge in [0.15, 0.2) is 0 Å². The molecule has 0 aliphatic carbocycles. The van der Waals surface area contributed by atoms with Crippen LogP contribution < -0.4 is 11.1 Å². The average molecular weight is 251 g/mol. The Labute approximate surface area is 104 Å². The number of aliphatic hydroxyl groups is 1. The molecule has 1 aromatic heterocycles. The van der Waals surface area contributed by atoms with Crippen molar-refractivity contribution >= 4 is 32.9 Å². The third-order valence-electron chi connectivity index (χ3n) is 2.67. The summed E-state index contributed by atoms with van der Waals surface area (Å²) in [6.07, 6.45) is 0.382. The quantitative estimate of drug-likeness (QED) is 0.730. The molecule has 92 valence electrons. The highest BCUT2D eigenvalue weighted by Gasteiger charge is 2.07. The Hall–Kier alpha value is -1.33. The number of aryl methyl sites for hydroxylation is 1. The van der Waals surface area contributed by atoms with Crippen molar-refractivity contribution in [3.8, 4) is 0 Å². The van der Waals surface area contributed by atoms with Crippen molar-refractivity contribution in [3.05, 3.63) is 17.1 Å². The van der Waals surface area contributed by atoms with Gasteiger partial charge in [0.05, 0.1) is 32.7 Å². The molecule has 0 spiro atoms. The van der Waals surface area contributed by atoms with Crippen LogP contribution in [0.25, 0.3) is 10.2 Å². The van der Waals surface area contributed by atoms with Crippen LogP contribution in [-0.2, 0) is 0 Å². The number of nitrogen functional groups attached to an aromatic ring is 1. The summed E-state index contributed by atoms with van der Waals surface area (Å²) in [4.78, 5) is 4.42. The number of nitrogens with zero attached hydrogens (tertiary/aromatic N) is 1. The van der Waals surface area contributed by atoms with E-state index < -0.39 is 0 Å². The Bertz CT molecular complexity index is 524. The van der Waals surface area contributed by atoms with Gasteiger partial charge in [0.1, 0.15) is 0 Å². The van der Waals surface area contributed by atoms with Crippen LogP contribution in [0.4, 0.5) is 11.4 Å². The van der Waals surface area contributed by atoms with Crippen molar-refractivity contribution < 1.29 is 5.11 Å². The minimum Gasteiger partial charge on any atom is -0.397 e. The Balaban J connectivity index is 2.24. The number of rotatable bonds is 4. The molecule has 0 amide bonds. The lowest BCUT2D eigenvalue weighted by molar-refractivity contribution is 0.183. The van der Waals surface area contributed by atoms with Gasteiger partial charge in [-0.05, 0) is 25.5 Å². The lowest BCUT2D eigenvalue weighted by atomic mass is 10.2. The molecule has 0 radical (unpaired) electrons. The van der Waals surface area contributed by atoms with Crippen molar-refractivity contribution in [2.45, 2.75) is 26.4 Å². The topological polar surface area (TPSA) is 71.2 Å². The maximum atomic E-state index is 9.51. The Morgan fingerprint density at radius 1 is 1.53 bits per heavy atom. The van der Waals surface area contributed by atoms with Crippen LogP contribution >= 0.6 is 11.3 Å². The minimum atomic E-state index is -0.345. The molecule has 2 rings (SSSR count). The molecule has 0 aliphatic heterocycles. The third-order valence-corrected chi connectivity index (χ3v) is 3.60. The lowest BCUT2D eigenvalue weighted by Gasteiger charge is -2.12. The van der Waals surface area contributed by atoms with Crippen LogP contribution in [-0.4, -0.2) is 22.7 Å². The van der Waals surface area contributed by atoms with Gasteiger partial charge >= 0.3 is 0 Å². The molecule has 0 fully saturated rings. The van der Waals surface area contributed by atoms with Gasteiger partial charge in [0.25, 0.3) is 0 Å². The molecule has 0 bridgehead atoms. The van der Waals surface area contributed by atoms with Gasteiger partial charge in [-0.25, -0.2) is 4.98 Å². The minimum absolute atomic E-state index is 0.345. The SMILES string of the molecule is CCC(O)CNc1cc2nc(C)sc2cc1N. The van der Waals surface area contributed by atoms with Crippen LogP contribution in [0.5, 0.6) is 0 Å².